The number of rotatable bonds is 4. The molecule has 7 heteroatoms. The van der Waals surface area contributed by atoms with E-state index in [1.54, 1.807) is 51.1 Å². The van der Waals surface area contributed by atoms with E-state index in [2.05, 4.69) is 0 Å². The number of likely N-dealkylation sites (tertiary alicyclic amines) is 1. The molecule has 0 spiro atoms. The monoisotopic (exact) mass is 361 g/mol. The molecule has 0 bridgehead atoms. The molecule has 1 saturated heterocycles. The molecule has 0 unspecified atom stereocenters. The molecule has 7 nitrogen and oxygen atoms in total. The van der Waals surface area contributed by atoms with Crippen LogP contribution in [-0.2, 0) is 23.9 Å². The Morgan fingerprint density at radius 1 is 1.15 bits per heavy atom. The Labute approximate surface area is 152 Å². The number of benzene rings is 1. The average Bonchev–Trinajstić information content (AvgIpc) is 2.89. The van der Waals surface area contributed by atoms with E-state index in [0.717, 1.165) is 0 Å². The summed E-state index contributed by atoms with van der Waals surface area (Å²) in [7, 11) is 1.18. The van der Waals surface area contributed by atoms with E-state index in [1.165, 1.54) is 12.0 Å². The third kappa shape index (κ3) is 4.47. The van der Waals surface area contributed by atoms with Gasteiger partial charge in [0.05, 0.1) is 26.0 Å². The normalized spacial score (nSPS) is 20.0. The molecule has 1 aliphatic heterocycles. The minimum absolute atomic E-state index is 0.249. The largest absolute Gasteiger partial charge is 0.467 e. The highest BCUT2D eigenvalue weighted by atomic mass is 16.6. The number of hydrogen-bond acceptors (Lipinski definition) is 6. The fourth-order valence-corrected chi connectivity index (χ4v) is 2.92. The first-order valence-electron chi connectivity index (χ1n) is 8.32. The molecular weight excluding hydrogens is 338 g/mol. The number of ketones is 1. The van der Waals surface area contributed by atoms with E-state index in [0.29, 0.717) is 5.56 Å². The average molecular weight is 361 g/mol. The van der Waals surface area contributed by atoms with Gasteiger partial charge in [-0.05, 0) is 32.9 Å². The van der Waals surface area contributed by atoms with Crippen LogP contribution in [0.5, 0.6) is 0 Å². The molecule has 2 atom stereocenters. The topological polar surface area (TPSA) is 90.0 Å². The second-order valence-corrected chi connectivity index (χ2v) is 7.13. The summed E-state index contributed by atoms with van der Waals surface area (Å²) in [5, 5.41) is 0. The van der Waals surface area contributed by atoms with Gasteiger partial charge in [0.1, 0.15) is 11.6 Å². The van der Waals surface area contributed by atoms with Gasteiger partial charge in [-0.15, -0.1) is 0 Å². The summed E-state index contributed by atoms with van der Waals surface area (Å²) in [5.74, 6) is -3.13. The Hall–Kier alpha value is -2.70. The molecule has 0 saturated carbocycles. The number of nitrogens with zero attached hydrogens (tertiary/aromatic N) is 1. The number of carbonyl (C=O) groups is 4. The first-order chi connectivity index (χ1) is 12.1. The summed E-state index contributed by atoms with van der Waals surface area (Å²) in [6, 6.07) is 7.19. The van der Waals surface area contributed by atoms with E-state index in [1.807, 2.05) is 0 Å². The number of amides is 1. The van der Waals surface area contributed by atoms with Crippen molar-refractivity contribution in [3.63, 3.8) is 0 Å². The maximum absolute atomic E-state index is 12.7. The van der Waals surface area contributed by atoms with Crippen LogP contribution in [0, 0.1) is 5.92 Å². The van der Waals surface area contributed by atoms with E-state index < -0.39 is 35.4 Å². The van der Waals surface area contributed by atoms with Crippen LogP contribution >= 0.6 is 0 Å². The van der Waals surface area contributed by atoms with Crippen LogP contribution in [-0.4, -0.2) is 53.8 Å². The van der Waals surface area contributed by atoms with Crippen molar-refractivity contribution in [2.24, 2.45) is 5.92 Å². The van der Waals surface area contributed by atoms with Gasteiger partial charge in [-0.1, -0.05) is 18.2 Å². The number of ether oxygens (including phenoxy) is 2. The summed E-state index contributed by atoms with van der Waals surface area (Å²) in [4.78, 5) is 50.7. The molecule has 1 aliphatic rings. The highest BCUT2D eigenvalue weighted by Gasteiger charge is 2.49. The zero-order chi connectivity index (χ0) is 19.5. The molecule has 1 heterocycles. The lowest BCUT2D eigenvalue weighted by Crippen LogP contribution is -2.44. The lowest BCUT2D eigenvalue weighted by Gasteiger charge is -2.25. The zero-order valence-electron chi connectivity index (χ0n) is 15.4. The predicted molar refractivity (Wildman–Crippen MR) is 92.2 cm³/mol. The Morgan fingerprint density at radius 2 is 1.77 bits per heavy atom. The van der Waals surface area contributed by atoms with E-state index >= 15 is 0 Å². The molecule has 1 amide bonds. The number of hydrogen-bond donors (Lipinski definition) is 0. The smallest absolute Gasteiger partial charge is 0.329 e. The molecule has 1 fully saturated rings. The molecule has 0 radical (unpaired) electrons. The molecule has 0 aromatic heterocycles. The molecule has 0 N–H and O–H groups in total. The van der Waals surface area contributed by atoms with Crippen molar-refractivity contribution in [2.45, 2.75) is 38.8 Å². The third-order valence-corrected chi connectivity index (χ3v) is 3.99. The van der Waals surface area contributed by atoms with E-state index in [4.69, 9.17) is 9.47 Å². The van der Waals surface area contributed by atoms with E-state index in [-0.39, 0.29) is 18.7 Å². The van der Waals surface area contributed by atoms with Crippen molar-refractivity contribution in [1.29, 1.82) is 0 Å². The van der Waals surface area contributed by atoms with Gasteiger partial charge in [0.25, 0.3) is 5.91 Å². The molecule has 26 heavy (non-hydrogen) atoms. The Kier molecular flexibility index (Phi) is 5.79. The fourth-order valence-electron chi connectivity index (χ4n) is 2.92. The van der Waals surface area contributed by atoms with Crippen molar-refractivity contribution in [3.8, 4) is 0 Å². The van der Waals surface area contributed by atoms with Crippen molar-refractivity contribution < 1.29 is 28.7 Å². The van der Waals surface area contributed by atoms with Gasteiger partial charge in [-0.2, -0.15) is 0 Å². The molecule has 140 valence electrons. The minimum atomic E-state index is -1.15. The van der Waals surface area contributed by atoms with Crippen LogP contribution in [0.2, 0.25) is 0 Å². The number of carbonyl (C=O) groups excluding carboxylic acids is 4. The highest BCUT2D eigenvalue weighted by Crippen LogP contribution is 2.28. The second-order valence-electron chi connectivity index (χ2n) is 7.13. The van der Waals surface area contributed by atoms with Crippen LogP contribution in [0.3, 0.4) is 0 Å². The van der Waals surface area contributed by atoms with Gasteiger partial charge in [0, 0.05) is 5.56 Å². The second kappa shape index (κ2) is 7.68. The van der Waals surface area contributed by atoms with Crippen LogP contribution in [0.4, 0.5) is 0 Å². The van der Waals surface area contributed by atoms with Crippen LogP contribution in [0.15, 0.2) is 30.3 Å². The highest BCUT2D eigenvalue weighted by molar-refractivity contribution is 6.04. The molecule has 1 aromatic carbocycles. The Balaban J connectivity index is 2.26. The number of Topliss-reactive ketones (excluding diaryl/α,β-unsaturated/α-hetero) is 1. The Morgan fingerprint density at radius 3 is 2.31 bits per heavy atom. The molecule has 2 rings (SSSR count). The predicted octanol–water partition coefficient (Wildman–Crippen LogP) is 1.60. The van der Waals surface area contributed by atoms with Gasteiger partial charge < -0.3 is 14.4 Å². The first-order valence-corrected chi connectivity index (χ1v) is 8.32. The van der Waals surface area contributed by atoms with Gasteiger partial charge in [0.2, 0.25) is 0 Å². The zero-order valence-corrected chi connectivity index (χ0v) is 15.4. The van der Waals surface area contributed by atoms with Crippen LogP contribution < -0.4 is 0 Å². The quantitative estimate of drug-likeness (QED) is 0.757. The van der Waals surface area contributed by atoms with Crippen molar-refractivity contribution in [3.05, 3.63) is 35.9 Å². The van der Waals surface area contributed by atoms with Gasteiger partial charge in [0.15, 0.2) is 5.78 Å². The van der Waals surface area contributed by atoms with Crippen molar-refractivity contribution in [1.82, 2.24) is 4.90 Å². The van der Waals surface area contributed by atoms with Crippen LogP contribution in [0.25, 0.3) is 0 Å². The first kappa shape index (κ1) is 19.6. The summed E-state index contributed by atoms with van der Waals surface area (Å²) in [6.45, 7) is 4.89. The van der Waals surface area contributed by atoms with Gasteiger partial charge in [-0.25, -0.2) is 4.79 Å². The van der Waals surface area contributed by atoms with E-state index in [9.17, 15) is 19.2 Å². The molecule has 1 aromatic rings. The number of esters is 2. The maximum Gasteiger partial charge on any atom is 0.329 e. The lowest BCUT2D eigenvalue weighted by atomic mass is 9.95. The summed E-state index contributed by atoms with van der Waals surface area (Å²) >= 11 is 0. The maximum atomic E-state index is 12.7. The van der Waals surface area contributed by atoms with Gasteiger partial charge >= 0.3 is 11.9 Å². The minimum Gasteiger partial charge on any atom is -0.467 e. The molecular formula is C19H23NO6. The fraction of sp³-hybridized carbons (Fsp3) is 0.474. The summed E-state index contributed by atoms with van der Waals surface area (Å²) < 4.78 is 10.0. The summed E-state index contributed by atoms with van der Waals surface area (Å²) in [5.41, 5.74) is -0.355. The molecule has 0 aliphatic carbocycles. The van der Waals surface area contributed by atoms with Crippen LogP contribution in [0.1, 0.15) is 37.6 Å². The lowest BCUT2D eigenvalue weighted by molar-refractivity contribution is -0.158. The van der Waals surface area contributed by atoms with Crippen molar-refractivity contribution >= 4 is 23.6 Å². The van der Waals surface area contributed by atoms with Gasteiger partial charge in [-0.3, -0.25) is 14.4 Å². The summed E-state index contributed by atoms with van der Waals surface area (Å²) in [6.07, 6.45) is -0.283. The number of methoxy groups -OCH3 is 1. The SMILES string of the molecule is COC(=O)[C@@H]1[C@@H](CC(=O)OC(C)(C)C)C(=O)CN1C(=O)c1ccccc1. The van der Waals surface area contributed by atoms with Crippen molar-refractivity contribution in [2.75, 3.05) is 13.7 Å². The standard InChI is InChI=1S/C19H23NO6/c1-19(2,3)26-15(22)10-13-14(21)11-20(16(13)18(24)25-4)17(23)12-8-6-5-7-9-12/h5-9,13,16H,10-11H2,1-4H3/t13-,16-/m0/s1. The Bertz CT molecular complexity index is 706. The third-order valence-electron chi connectivity index (χ3n) is 3.99.